The molecule has 0 saturated carbocycles. The van der Waals surface area contributed by atoms with Crippen LogP contribution in [0.1, 0.15) is 6.92 Å². The van der Waals surface area contributed by atoms with Crippen LogP contribution < -0.4 is 9.62 Å². The second-order valence-corrected chi connectivity index (χ2v) is 7.31. The Kier molecular flexibility index (Phi) is 5.97. The summed E-state index contributed by atoms with van der Waals surface area (Å²) in [5.41, 5.74) is 0.642. The maximum absolute atomic E-state index is 12.1. The molecule has 1 aromatic rings. The van der Waals surface area contributed by atoms with Gasteiger partial charge in [-0.1, -0.05) is 19.1 Å². The molecule has 23 heavy (non-hydrogen) atoms. The van der Waals surface area contributed by atoms with Gasteiger partial charge in [-0.2, -0.15) is 0 Å². The molecule has 0 bridgehead atoms. The number of nitrogens with zero attached hydrogens (tertiary/aromatic N) is 2. The highest BCUT2D eigenvalue weighted by Gasteiger charge is 2.20. The van der Waals surface area contributed by atoms with Crippen molar-refractivity contribution in [2.45, 2.75) is 6.92 Å². The van der Waals surface area contributed by atoms with Crippen molar-refractivity contribution in [3.05, 3.63) is 24.3 Å². The van der Waals surface area contributed by atoms with Gasteiger partial charge < -0.3 is 15.3 Å². The number of hydrogen-bond donors (Lipinski definition) is 2. The Morgan fingerprint density at radius 3 is 2.35 bits per heavy atom. The van der Waals surface area contributed by atoms with Gasteiger partial charge in [0.2, 0.25) is 10.0 Å². The highest BCUT2D eigenvalue weighted by atomic mass is 32.2. The maximum Gasteiger partial charge on any atom is 0.321 e. The molecule has 0 saturated heterocycles. The number of hydrogen-bond acceptors (Lipinski definition) is 4. The summed E-state index contributed by atoms with van der Waals surface area (Å²) in [6.45, 7) is 1.53. The Labute approximate surface area is 135 Å². The largest absolute Gasteiger partial charge is 0.481 e. The zero-order chi connectivity index (χ0) is 17.8. The molecule has 1 atom stereocenters. The molecule has 2 N–H and O–H groups in total. The average Bonchev–Trinajstić information content (AvgIpc) is 2.45. The van der Waals surface area contributed by atoms with E-state index in [0.29, 0.717) is 11.4 Å². The molecule has 2 amide bonds. The van der Waals surface area contributed by atoms with E-state index in [1.165, 1.54) is 25.9 Å². The Morgan fingerprint density at radius 2 is 1.83 bits per heavy atom. The molecule has 0 fully saturated rings. The average molecular weight is 343 g/mol. The molecule has 1 aromatic carbocycles. The molecule has 1 unspecified atom stereocenters. The second kappa shape index (κ2) is 7.32. The number of urea groups is 1. The van der Waals surface area contributed by atoms with Gasteiger partial charge in [-0.25, -0.2) is 13.2 Å². The lowest BCUT2D eigenvalue weighted by atomic mass is 10.2. The third-order valence-corrected chi connectivity index (χ3v) is 4.49. The number of nitrogens with one attached hydrogen (secondary N) is 1. The monoisotopic (exact) mass is 343 g/mol. The molecule has 1 rings (SSSR count). The van der Waals surface area contributed by atoms with Gasteiger partial charge in [0, 0.05) is 20.6 Å². The van der Waals surface area contributed by atoms with Crippen molar-refractivity contribution in [3.63, 3.8) is 0 Å². The number of amides is 2. The van der Waals surface area contributed by atoms with Crippen LogP contribution in [0.3, 0.4) is 0 Å². The first kappa shape index (κ1) is 18.8. The Bertz CT molecular complexity index is 689. The number of carboxylic acids is 1. The van der Waals surface area contributed by atoms with Crippen LogP contribution in [0.4, 0.5) is 16.2 Å². The molecule has 8 nitrogen and oxygen atoms in total. The number of aliphatic carboxylic acids is 1. The maximum atomic E-state index is 12.1. The predicted octanol–water partition coefficient (Wildman–Crippen LogP) is 1.27. The number of carbonyl (C=O) groups is 2. The molecular formula is C14H21N3O5S. The molecular weight excluding hydrogens is 322 g/mol. The Balaban J connectivity index is 2.93. The topological polar surface area (TPSA) is 107 Å². The summed E-state index contributed by atoms with van der Waals surface area (Å²) >= 11 is 0. The molecule has 0 heterocycles. The first-order valence-electron chi connectivity index (χ1n) is 6.82. The lowest BCUT2D eigenvalue weighted by molar-refractivity contribution is -0.141. The van der Waals surface area contributed by atoms with Crippen molar-refractivity contribution in [3.8, 4) is 0 Å². The summed E-state index contributed by atoms with van der Waals surface area (Å²) in [7, 11) is -0.619. The first-order chi connectivity index (χ1) is 10.5. The van der Waals surface area contributed by atoms with E-state index in [2.05, 4.69) is 5.32 Å². The van der Waals surface area contributed by atoms with E-state index >= 15 is 0 Å². The van der Waals surface area contributed by atoms with E-state index in [0.717, 1.165) is 10.6 Å². The van der Waals surface area contributed by atoms with Crippen LogP contribution in [0.2, 0.25) is 0 Å². The van der Waals surface area contributed by atoms with Gasteiger partial charge in [0.15, 0.2) is 0 Å². The van der Waals surface area contributed by atoms with E-state index in [1.807, 2.05) is 0 Å². The number of carbonyl (C=O) groups excluding carboxylic acids is 1. The van der Waals surface area contributed by atoms with Crippen molar-refractivity contribution >= 4 is 33.4 Å². The number of para-hydroxylation sites is 2. The van der Waals surface area contributed by atoms with Crippen molar-refractivity contribution in [1.29, 1.82) is 0 Å². The number of anilines is 2. The highest BCUT2D eigenvalue weighted by Crippen LogP contribution is 2.26. The van der Waals surface area contributed by atoms with Crippen LogP contribution in [0.25, 0.3) is 0 Å². The molecule has 0 spiro atoms. The minimum absolute atomic E-state index is 0.0330. The van der Waals surface area contributed by atoms with Crippen LogP contribution in [0, 0.1) is 5.92 Å². The quantitative estimate of drug-likeness (QED) is 0.809. The normalized spacial score (nSPS) is 12.3. The zero-order valence-electron chi connectivity index (χ0n) is 13.5. The smallest absolute Gasteiger partial charge is 0.321 e. The van der Waals surface area contributed by atoms with Gasteiger partial charge in [0.05, 0.1) is 23.5 Å². The van der Waals surface area contributed by atoms with Gasteiger partial charge in [-0.05, 0) is 12.1 Å². The summed E-state index contributed by atoms with van der Waals surface area (Å²) in [6.07, 6.45) is 1.06. The van der Waals surface area contributed by atoms with Crippen LogP contribution >= 0.6 is 0 Å². The third-order valence-electron chi connectivity index (χ3n) is 3.30. The molecule has 0 aliphatic heterocycles. The standard InChI is InChI=1S/C14H21N3O5S/c1-10(13(18)19)9-16(2)14(20)15-11-7-5-6-8-12(11)17(3)23(4,21)22/h5-8,10H,9H2,1-4H3,(H,15,20)(H,18,19). The Hall–Kier alpha value is -2.29. The van der Waals surface area contributed by atoms with E-state index in [9.17, 15) is 18.0 Å². The fraction of sp³-hybridized carbons (Fsp3) is 0.429. The van der Waals surface area contributed by atoms with E-state index < -0.39 is 27.9 Å². The highest BCUT2D eigenvalue weighted by molar-refractivity contribution is 7.92. The summed E-state index contributed by atoms with van der Waals surface area (Å²) in [4.78, 5) is 24.2. The van der Waals surface area contributed by atoms with Gasteiger partial charge in [-0.3, -0.25) is 9.10 Å². The van der Waals surface area contributed by atoms with Gasteiger partial charge in [-0.15, -0.1) is 0 Å². The van der Waals surface area contributed by atoms with Crippen LogP contribution in [0.15, 0.2) is 24.3 Å². The summed E-state index contributed by atoms with van der Waals surface area (Å²) in [5, 5.41) is 11.5. The molecule has 0 aliphatic rings. The Morgan fingerprint density at radius 1 is 1.26 bits per heavy atom. The first-order valence-corrected chi connectivity index (χ1v) is 8.66. The minimum atomic E-state index is -3.47. The lowest BCUT2D eigenvalue weighted by Gasteiger charge is -2.23. The third kappa shape index (κ3) is 5.13. The molecule has 128 valence electrons. The van der Waals surface area contributed by atoms with Gasteiger partial charge in [0.25, 0.3) is 0 Å². The van der Waals surface area contributed by atoms with E-state index in [4.69, 9.17) is 5.11 Å². The second-order valence-electron chi connectivity index (χ2n) is 5.30. The summed E-state index contributed by atoms with van der Waals surface area (Å²) in [6, 6.07) is 5.94. The summed E-state index contributed by atoms with van der Waals surface area (Å²) < 4.78 is 24.4. The number of benzene rings is 1. The summed E-state index contributed by atoms with van der Waals surface area (Å²) in [5.74, 6) is -1.71. The van der Waals surface area contributed by atoms with E-state index in [-0.39, 0.29) is 6.54 Å². The van der Waals surface area contributed by atoms with Crippen LogP contribution in [0.5, 0.6) is 0 Å². The van der Waals surface area contributed by atoms with Gasteiger partial charge in [0.1, 0.15) is 0 Å². The number of sulfonamides is 1. The lowest BCUT2D eigenvalue weighted by Crippen LogP contribution is -2.37. The van der Waals surface area contributed by atoms with Crippen molar-refractivity contribution in [2.24, 2.45) is 5.92 Å². The number of carboxylic acid groups (broad SMARTS) is 1. The fourth-order valence-corrected chi connectivity index (χ4v) is 2.33. The molecule has 0 radical (unpaired) electrons. The van der Waals surface area contributed by atoms with Crippen molar-refractivity contribution in [2.75, 3.05) is 36.5 Å². The SMILES string of the molecule is CC(CN(C)C(=O)Nc1ccccc1N(C)S(C)(=O)=O)C(=O)O. The van der Waals surface area contributed by atoms with Crippen molar-refractivity contribution < 1.29 is 23.1 Å². The van der Waals surface area contributed by atoms with Crippen molar-refractivity contribution in [1.82, 2.24) is 4.90 Å². The van der Waals surface area contributed by atoms with E-state index in [1.54, 1.807) is 24.3 Å². The molecule has 0 aromatic heterocycles. The minimum Gasteiger partial charge on any atom is -0.481 e. The van der Waals surface area contributed by atoms with Crippen LogP contribution in [-0.4, -0.2) is 57.3 Å². The predicted molar refractivity (Wildman–Crippen MR) is 88.1 cm³/mol. The molecule has 0 aliphatic carbocycles. The number of rotatable bonds is 6. The fourth-order valence-electron chi connectivity index (χ4n) is 1.82. The molecule has 9 heteroatoms. The van der Waals surface area contributed by atoms with Crippen LogP contribution in [-0.2, 0) is 14.8 Å². The van der Waals surface area contributed by atoms with Gasteiger partial charge >= 0.3 is 12.0 Å². The zero-order valence-corrected chi connectivity index (χ0v) is 14.3.